The van der Waals surface area contributed by atoms with E-state index in [0.29, 0.717) is 25.9 Å². The van der Waals surface area contributed by atoms with Crippen LogP contribution >= 0.6 is 0 Å². The molecule has 1 amide bonds. The molecule has 20 heavy (non-hydrogen) atoms. The maximum absolute atomic E-state index is 12.3. The Morgan fingerprint density at radius 2 is 2.00 bits per heavy atom. The van der Waals surface area contributed by atoms with Crippen LogP contribution in [0.25, 0.3) is 0 Å². The molecule has 0 aromatic carbocycles. The van der Waals surface area contributed by atoms with E-state index in [2.05, 4.69) is 5.32 Å². The number of hydrogen-bond donors (Lipinski definition) is 1. The molecule has 0 radical (unpaired) electrons. The molecule has 0 bridgehead atoms. The number of amides is 1. The first-order chi connectivity index (χ1) is 9.30. The Labute approximate surface area is 119 Å². The number of carbonyl (C=O) groups is 2. The lowest BCUT2D eigenvalue weighted by Crippen LogP contribution is -2.57. The lowest BCUT2D eigenvalue weighted by molar-refractivity contribution is -0.155. The SMILES string of the molecule is COC(=O)[C@@]12CCNC[C@H]1N(C(=O)OC(C)(C)C)CC2. The first-order valence-electron chi connectivity index (χ1n) is 7.09. The number of hydrogen-bond acceptors (Lipinski definition) is 5. The Bertz CT molecular complexity index is 404. The van der Waals surface area contributed by atoms with Crippen LogP contribution in [0.15, 0.2) is 0 Å². The summed E-state index contributed by atoms with van der Waals surface area (Å²) in [6, 6.07) is -0.182. The van der Waals surface area contributed by atoms with Crippen LogP contribution in [0.1, 0.15) is 33.6 Å². The number of nitrogens with zero attached hydrogens (tertiary/aromatic N) is 1. The zero-order valence-electron chi connectivity index (χ0n) is 12.7. The van der Waals surface area contributed by atoms with Gasteiger partial charge in [0.2, 0.25) is 0 Å². The van der Waals surface area contributed by atoms with E-state index in [1.165, 1.54) is 7.11 Å². The predicted molar refractivity (Wildman–Crippen MR) is 73.3 cm³/mol. The van der Waals surface area contributed by atoms with Crippen molar-refractivity contribution >= 4 is 12.1 Å². The summed E-state index contributed by atoms with van der Waals surface area (Å²) < 4.78 is 10.4. The first-order valence-corrected chi connectivity index (χ1v) is 7.09. The third-order valence-electron chi connectivity index (χ3n) is 4.12. The summed E-state index contributed by atoms with van der Waals surface area (Å²) >= 11 is 0. The first kappa shape index (κ1) is 15.1. The summed E-state index contributed by atoms with van der Waals surface area (Å²) in [7, 11) is 1.41. The van der Waals surface area contributed by atoms with Gasteiger partial charge in [0.25, 0.3) is 0 Å². The van der Waals surface area contributed by atoms with Crippen molar-refractivity contribution in [1.29, 1.82) is 0 Å². The van der Waals surface area contributed by atoms with Crippen molar-refractivity contribution in [2.24, 2.45) is 5.41 Å². The van der Waals surface area contributed by atoms with E-state index in [1.54, 1.807) is 4.90 Å². The summed E-state index contributed by atoms with van der Waals surface area (Å²) in [5, 5.41) is 3.25. The van der Waals surface area contributed by atoms with E-state index in [4.69, 9.17) is 9.47 Å². The maximum Gasteiger partial charge on any atom is 0.410 e. The molecule has 2 heterocycles. The minimum Gasteiger partial charge on any atom is -0.469 e. The van der Waals surface area contributed by atoms with Crippen LogP contribution < -0.4 is 5.32 Å². The Kier molecular flexibility index (Phi) is 3.95. The van der Waals surface area contributed by atoms with Crippen LogP contribution in [0.4, 0.5) is 4.79 Å². The zero-order chi connectivity index (χ0) is 15.0. The highest BCUT2D eigenvalue weighted by Gasteiger charge is 2.56. The van der Waals surface area contributed by atoms with E-state index >= 15 is 0 Å². The van der Waals surface area contributed by atoms with E-state index in [9.17, 15) is 9.59 Å². The van der Waals surface area contributed by atoms with Gasteiger partial charge >= 0.3 is 12.1 Å². The number of likely N-dealkylation sites (tertiary alicyclic amines) is 1. The van der Waals surface area contributed by atoms with Crippen molar-refractivity contribution in [1.82, 2.24) is 10.2 Å². The van der Waals surface area contributed by atoms with Crippen molar-refractivity contribution in [3.63, 3.8) is 0 Å². The highest BCUT2D eigenvalue weighted by atomic mass is 16.6. The van der Waals surface area contributed by atoms with Gasteiger partial charge in [0, 0.05) is 13.1 Å². The van der Waals surface area contributed by atoms with Crippen LogP contribution in [0.5, 0.6) is 0 Å². The molecule has 6 nitrogen and oxygen atoms in total. The van der Waals surface area contributed by atoms with Crippen LogP contribution in [0, 0.1) is 5.41 Å². The number of piperidine rings is 1. The fourth-order valence-corrected chi connectivity index (χ4v) is 3.17. The molecule has 2 fully saturated rings. The average Bonchev–Trinajstić information content (AvgIpc) is 2.76. The Balaban J connectivity index is 2.18. The molecule has 0 saturated carbocycles. The summed E-state index contributed by atoms with van der Waals surface area (Å²) in [5.74, 6) is -0.213. The van der Waals surface area contributed by atoms with Crippen molar-refractivity contribution in [2.75, 3.05) is 26.7 Å². The Morgan fingerprint density at radius 3 is 2.60 bits per heavy atom. The number of esters is 1. The van der Waals surface area contributed by atoms with Crippen molar-refractivity contribution in [3.05, 3.63) is 0 Å². The van der Waals surface area contributed by atoms with Crippen LogP contribution in [-0.2, 0) is 14.3 Å². The summed E-state index contributed by atoms with van der Waals surface area (Å²) in [6.07, 6.45) is 0.992. The molecule has 2 rings (SSSR count). The van der Waals surface area contributed by atoms with E-state index < -0.39 is 11.0 Å². The maximum atomic E-state index is 12.3. The topological polar surface area (TPSA) is 67.9 Å². The number of methoxy groups -OCH3 is 1. The monoisotopic (exact) mass is 284 g/mol. The quantitative estimate of drug-likeness (QED) is 0.732. The van der Waals surface area contributed by atoms with Gasteiger partial charge in [0.05, 0.1) is 18.6 Å². The number of rotatable bonds is 1. The molecule has 6 heteroatoms. The van der Waals surface area contributed by atoms with E-state index in [1.807, 2.05) is 20.8 Å². The van der Waals surface area contributed by atoms with Gasteiger partial charge in [-0.15, -0.1) is 0 Å². The zero-order valence-corrected chi connectivity index (χ0v) is 12.7. The molecule has 2 atom stereocenters. The Morgan fingerprint density at radius 1 is 1.30 bits per heavy atom. The summed E-state index contributed by atoms with van der Waals surface area (Å²) in [5.41, 5.74) is -1.10. The van der Waals surface area contributed by atoms with Gasteiger partial charge in [-0.05, 0) is 40.2 Å². The summed E-state index contributed by atoms with van der Waals surface area (Å²) in [4.78, 5) is 26.2. The summed E-state index contributed by atoms with van der Waals surface area (Å²) in [6.45, 7) is 7.44. The second-order valence-electron chi connectivity index (χ2n) is 6.54. The van der Waals surface area contributed by atoms with Gasteiger partial charge in [-0.2, -0.15) is 0 Å². The minimum atomic E-state index is -0.573. The van der Waals surface area contributed by atoms with Crippen molar-refractivity contribution in [3.8, 4) is 0 Å². The van der Waals surface area contributed by atoms with Crippen LogP contribution in [0.2, 0.25) is 0 Å². The van der Waals surface area contributed by atoms with E-state index in [0.717, 1.165) is 6.54 Å². The molecule has 114 valence electrons. The minimum absolute atomic E-state index is 0.182. The second kappa shape index (κ2) is 5.24. The molecule has 0 unspecified atom stereocenters. The molecule has 0 aliphatic carbocycles. The highest BCUT2D eigenvalue weighted by Crippen LogP contribution is 2.43. The number of carbonyl (C=O) groups excluding carboxylic acids is 2. The number of fused-ring (bicyclic) bond motifs is 1. The molecule has 0 aromatic rings. The molecule has 0 aromatic heterocycles. The van der Waals surface area contributed by atoms with Crippen molar-refractivity contribution in [2.45, 2.75) is 45.3 Å². The second-order valence-corrected chi connectivity index (χ2v) is 6.54. The largest absolute Gasteiger partial charge is 0.469 e. The fourth-order valence-electron chi connectivity index (χ4n) is 3.17. The molecule has 1 N–H and O–H groups in total. The molecule has 0 spiro atoms. The Hall–Kier alpha value is -1.30. The van der Waals surface area contributed by atoms with Crippen LogP contribution in [0.3, 0.4) is 0 Å². The predicted octanol–water partition coefficient (Wildman–Crippen LogP) is 1.15. The third-order valence-corrected chi connectivity index (χ3v) is 4.12. The van der Waals surface area contributed by atoms with Gasteiger partial charge < -0.3 is 19.7 Å². The van der Waals surface area contributed by atoms with Gasteiger partial charge in [-0.3, -0.25) is 4.79 Å². The number of ether oxygens (including phenoxy) is 2. The molecular weight excluding hydrogens is 260 g/mol. The molecule has 2 aliphatic heterocycles. The van der Waals surface area contributed by atoms with E-state index in [-0.39, 0.29) is 18.1 Å². The average molecular weight is 284 g/mol. The normalized spacial score (nSPS) is 29.8. The lowest BCUT2D eigenvalue weighted by Gasteiger charge is -2.39. The lowest BCUT2D eigenvalue weighted by atomic mass is 9.75. The van der Waals surface area contributed by atoms with Crippen LogP contribution in [-0.4, -0.2) is 55.3 Å². The highest BCUT2D eigenvalue weighted by molar-refractivity contribution is 5.81. The molecular formula is C14H24N2O4. The van der Waals surface area contributed by atoms with Gasteiger partial charge in [0.1, 0.15) is 5.60 Å². The number of nitrogens with one attached hydrogen (secondary N) is 1. The molecule has 2 saturated heterocycles. The smallest absolute Gasteiger partial charge is 0.410 e. The molecule has 2 aliphatic rings. The van der Waals surface area contributed by atoms with Gasteiger partial charge in [-0.1, -0.05) is 0 Å². The van der Waals surface area contributed by atoms with Gasteiger partial charge in [0.15, 0.2) is 0 Å². The standard InChI is InChI=1S/C14H24N2O4/c1-13(2,3)20-12(18)16-8-6-14(11(17)19-4)5-7-15-9-10(14)16/h10,15H,5-9H2,1-4H3/t10-,14-/m1/s1. The fraction of sp³-hybridized carbons (Fsp3) is 0.857. The third kappa shape index (κ3) is 2.61. The van der Waals surface area contributed by atoms with Gasteiger partial charge in [-0.25, -0.2) is 4.79 Å². The van der Waals surface area contributed by atoms with Crippen molar-refractivity contribution < 1.29 is 19.1 Å².